The van der Waals surface area contributed by atoms with Crippen molar-refractivity contribution in [3.05, 3.63) is 51.8 Å². The Morgan fingerprint density at radius 3 is 2.43 bits per heavy atom. The van der Waals surface area contributed by atoms with Gasteiger partial charge >= 0.3 is 6.18 Å². The fraction of sp³-hybridized carbons (Fsp3) is 0.200. The second kappa shape index (κ2) is 4.58. The Balaban J connectivity index is 2.25. The van der Waals surface area contributed by atoms with Crippen LogP contribution in [0.4, 0.5) is 13.2 Å². The number of fused-ring (bicyclic) bond motifs is 1. The molecular formula is C15H10F3NO2. The topological polar surface area (TPSA) is 49.9 Å². The highest BCUT2D eigenvalue weighted by Crippen LogP contribution is 2.35. The zero-order valence-corrected chi connectivity index (χ0v) is 10.8. The number of aromatic nitrogens is 1. The van der Waals surface area contributed by atoms with Crippen molar-refractivity contribution in [3.8, 4) is 0 Å². The lowest BCUT2D eigenvalue weighted by Gasteiger charge is -2.11. The molecule has 1 aliphatic carbocycles. The van der Waals surface area contributed by atoms with Crippen molar-refractivity contribution in [2.45, 2.75) is 19.0 Å². The second-order valence-corrected chi connectivity index (χ2v) is 4.94. The average Bonchev–Trinajstić information content (AvgIpc) is 2.83. The fourth-order valence-corrected chi connectivity index (χ4v) is 2.51. The molecule has 1 aromatic heterocycles. The van der Waals surface area contributed by atoms with Gasteiger partial charge in [-0.05, 0) is 35.8 Å². The Labute approximate surface area is 117 Å². The van der Waals surface area contributed by atoms with Crippen molar-refractivity contribution in [2.75, 3.05) is 0 Å². The molecule has 0 unspecified atom stereocenters. The molecule has 0 bridgehead atoms. The molecule has 0 spiro atoms. The number of hydrogen-bond donors (Lipinski definition) is 1. The number of carbonyl (C=O) groups is 1. The summed E-state index contributed by atoms with van der Waals surface area (Å²) in [6, 6.07) is 4.98. The minimum absolute atomic E-state index is 0.0254. The van der Waals surface area contributed by atoms with Crippen LogP contribution in [0.1, 0.15) is 24.0 Å². The largest absolute Gasteiger partial charge is 0.417 e. The summed E-state index contributed by atoms with van der Waals surface area (Å²) in [6.07, 6.45) is -2.24. The van der Waals surface area contributed by atoms with Crippen LogP contribution in [0, 0.1) is 0 Å². The molecule has 6 heteroatoms. The summed E-state index contributed by atoms with van der Waals surface area (Å²) < 4.78 is 39.1. The van der Waals surface area contributed by atoms with Gasteiger partial charge < -0.3 is 4.98 Å². The van der Waals surface area contributed by atoms with Crippen LogP contribution in [-0.4, -0.2) is 10.8 Å². The number of pyridine rings is 1. The smallest absolute Gasteiger partial charge is 0.322 e. The Morgan fingerprint density at radius 1 is 1.05 bits per heavy atom. The van der Waals surface area contributed by atoms with Gasteiger partial charge in [0, 0.05) is 23.4 Å². The summed E-state index contributed by atoms with van der Waals surface area (Å²) in [5, 5.41) is -0.0696. The molecule has 0 fully saturated rings. The SMILES string of the molecule is O=C1C=C(c2ccc3[nH]c(=O)cc(C(F)(F)F)c3c2)CC1. The first-order valence-electron chi connectivity index (χ1n) is 6.33. The van der Waals surface area contributed by atoms with Crippen LogP contribution in [0.3, 0.4) is 0 Å². The number of hydrogen-bond acceptors (Lipinski definition) is 2. The molecule has 1 aromatic carbocycles. The lowest BCUT2D eigenvalue weighted by atomic mass is 10.0. The van der Waals surface area contributed by atoms with Gasteiger partial charge in [0.15, 0.2) is 5.78 Å². The molecule has 0 saturated heterocycles. The summed E-state index contributed by atoms with van der Waals surface area (Å²) in [6.45, 7) is 0. The minimum atomic E-state index is -4.61. The van der Waals surface area contributed by atoms with E-state index in [-0.39, 0.29) is 16.7 Å². The molecule has 2 aromatic rings. The van der Waals surface area contributed by atoms with Crippen LogP contribution >= 0.6 is 0 Å². The first-order chi connectivity index (χ1) is 9.84. The van der Waals surface area contributed by atoms with Gasteiger partial charge in [-0.3, -0.25) is 9.59 Å². The lowest BCUT2D eigenvalue weighted by Crippen LogP contribution is -2.14. The third kappa shape index (κ3) is 2.49. The van der Waals surface area contributed by atoms with E-state index in [1.807, 2.05) is 0 Å². The molecule has 21 heavy (non-hydrogen) atoms. The van der Waals surface area contributed by atoms with Crippen molar-refractivity contribution < 1.29 is 18.0 Å². The van der Waals surface area contributed by atoms with Gasteiger partial charge in [0.25, 0.3) is 0 Å². The molecule has 108 valence electrons. The van der Waals surface area contributed by atoms with Crippen molar-refractivity contribution in [3.63, 3.8) is 0 Å². The van der Waals surface area contributed by atoms with E-state index in [4.69, 9.17) is 0 Å². The number of nitrogens with one attached hydrogen (secondary N) is 1. The molecule has 1 N–H and O–H groups in total. The van der Waals surface area contributed by atoms with Crippen molar-refractivity contribution in [1.82, 2.24) is 4.98 Å². The molecule has 0 saturated carbocycles. The Hall–Kier alpha value is -2.37. The first-order valence-corrected chi connectivity index (χ1v) is 6.33. The second-order valence-electron chi connectivity index (χ2n) is 4.94. The number of alkyl halides is 3. The summed E-state index contributed by atoms with van der Waals surface area (Å²) in [4.78, 5) is 25.0. The van der Waals surface area contributed by atoms with Crippen LogP contribution in [0.5, 0.6) is 0 Å². The van der Waals surface area contributed by atoms with Crippen LogP contribution in [-0.2, 0) is 11.0 Å². The Bertz CT molecular complexity index is 831. The third-order valence-electron chi connectivity index (χ3n) is 3.50. The Kier molecular flexibility index (Phi) is 2.97. The number of ketones is 1. The maximum absolute atomic E-state index is 13.0. The molecule has 3 rings (SSSR count). The van der Waals surface area contributed by atoms with Gasteiger partial charge in [0.2, 0.25) is 5.56 Å². The van der Waals surface area contributed by atoms with E-state index >= 15 is 0 Å². The number of H-pyrrole nitrogens is 1. The average molecular weight is 293 g/mol. The summed E-state index contributed by atoms with van der Waals surface area (Å²) in [5.41, 5.74) is -0.332. The molecule has 0 amide bonds. The molecule has 1 aliphatic rings. The third-order valence-corrected chi connectivity index (χ3v) is 3.50. The Morgan fingerprint density at radius 2 is 1.81 bits per heavy atom. The molecule has 0 aliphatic heterocycles. The van der Waals surface area contributed by atoms with Crippen LogP contribution in [0.15, 0.2) is 35.1 Å². The fourth-order valence-electron chi connectivity index (χ4n) is 2.51. The molecular weight excluding hydrogens is 283 g/mol. The minimum Gasteiger partial charge on any atom is -0.322 e. The standard InChI is InChI=1S/C15H10F3NO2/c16-15(17,18)12-7-14(21)19-13-4-2-9(6-11(12)13)8-1-3-10(20)5-8/h2,4-7H,1,3H2,(H,19,21). The number of benzene rings is 1. The van der Waals surface area contributed by atoms with Crippen LogP contribution in [0.25, 0.3) is 16.5 Å². The van der Waals surface area contributed by atoms with Gasteiger partial charge in [-0.15, -0.1) is 0 Å². The number of aromatic amines is 1. The summed E-state index contributed by atoms with van der Waals surface area (Å²) in [7, 11) is 0. The van der Waals surface area contributed by atoms with E-state index in [1.54, 1.807) is 6.07 Å². The van der Waals surface area contributed by atoms with E-state index in [0.29, 0.717) is 24.5 Å². The lowest BCUT2D eigenvalue weighted by molar-refractivity contribution is -0.136. The maximum atomic E-state index is 13.0. The number of carbonyl (C=O) groups excluding carboxylic acids is 1. The highest BCUT2D eigenvalue weighted by molar-refractivity contribution is 6.02. The van der Waals surface area contributed by atoms with Crippen molar-refractivity contribution in [1.29, 1.82) is 0 Å². The zero-order chi connectivity index (χ0) is 15.2. The predicted octanol–water partition coefficient (Wildman–Crippen LogP) is 3.29. The van der Waals surface area contributed by atoms with E-state index in [0.717, 1.165) is 5.57 Å². The summed E-state index contributed by atoms with van der Waals surface area (Å²) >= 11 is 0. The van der Waals surface area contributed by atoms with Gasteiger partial charge in [0.1, 0.15) is 0 Å². The normalized spacial score (nSPS) is 15.6. The maximum Gasteiger partial charge on any atom is 0.417 e. The van der Waals surface area contributed by atoms with Crippen LogP contribution in [0.2, 0.25) is 0 Å². The highest BCUT2D eigenvalue weighted by atomic mass is 19.4. The summed E-state index contributed by atoms with van der Waals surface area (Å²) in [5.74, 6) is -0.0254. The van der Waals surface area contributed by atoms with Crippen molar-refractivity contribution in [2.24, 2.45) is 0 Å². The first kappa shape index (κ1) is 13.6. The molecule has 1 heterocycles. The van der Waals surface area contributed by atoms with Gasteiger partial charge in [-0.1, -0.05) is 6.07 Å². The van der Waals surface area contributed by atoms with E-state index in [2.05, 4.69) is 4.98 Å². The van der Waals surface area contributed by atoms with Gasteiger partial charge in [0.05, 0.1) is 5.56 Å². The molecule has 3 nitrogen and oxygen atoms in total. The van der Waals surface area contributed by atoms with Gasteiger partial charge in [-0.2, -0.15) is 13.2 Å². The van der Waals surface area contributed by atoms with E-state index in [9.17, 15) is 22.8 Å². The van der Waals surface area contributed by atoms with Crippen LogP contribution < -0.4 is 5.56 Å². The number of allylic oxidation sites excluding steroid dienone is 2. The van der Waals surface area contributed by atoms with Crippen molar-refractivity contribution >= 4 is 22.3 Å². The van der Waals surface area contributed by atoms with Gasteiger partial charge in [-0.25, -0.2) is 0 Å². The molecule has 0 atom stereocenters. The van der Waals surface area contributed by atoms with E-state index in [1.165, 1.54) is 18.2 Å². The quantitative estimate of drug-likeness (QED) is 0.877. The zero-order valence-electron chi connectivity index (χ0n) is 10.8. The number of halogens is 3. The predicted molar refractivity (Wildman–Crippen MR) is 71.8 cm³/mol. The monoisotopic (exact) mass is 293 g/mol. The highest BCUT2D eigenvalue weighted by Gasteiger charge is 2.33. The molecule has 0 radical (unpaired) electrons. The number of rotatable bonds is 1. The van der Waals surface area contributed by atoms with E-state index < -0.39 is 17.3 Å².